The molecule has 1 rings (SSSR count). The van der Waals surface area contributed by atoms with Gasteiger partial charge in [0.1, 0.15) is 6.04 Å². The molecule has 0 radical (unpaired) electrons. The zero-order valence-electron chi connectivity index (χ0n) is 6.12. The van der Waals surface area contributed by atoms with Crippen molar-refractivity contribution in [2.75, 3.05) is 6.54 Å². The summed E-state index contributed by atoms with van der Waals surface area (Å²) in [6, 6.07) is 1.61. The number of nitrogens with zero attached hydrogens (tertiary/aromatic N) is 1. The number of carbonyl (C=O) groups is 1. The molecule has 60 valence electrons. The molecule has 1 aliphatic heterocycles. The summed E-state index contributed by atoms with van der Waals surface area (Å²) in [4.78, 5) is 10.3. The first-order chi connectivity index (χ1) is 5.24. The number of rotatable bonds is 2. The van der Waals surface area contributed by atoms with E-state index in [2.05, 4.69) is 0 Å². The number of hydrogen-bond donors (Lipinski definition) is 1. The molecule has 0 aromatic heterocycles. The number of carboxylic acids is 1. The van der Waals surface area contributed by atoms with Gasteiger partial charge in [0.05, 0.1) is 18.6 Å². The molecule has 0 aliphatic carbocycles. The van der Waals surface area contributed by atoms with E-state index in [1.165, 1.54) is 0 Å². The normalized spacial score (nSPS) is 29.7. The molecule has 11 heavy (non-hydrogen) atoms. The molecule has 2 atom stereocenters. The molecule has 0 spiro atoms. The Balaban J connectivity index is 2.36. The summed E-state index contributed by atoms with van der Waals surface area (Å²) < 4.78 is 0. The third-order valence-electron chi connectivity index (χ3n) is 2.02. The average molecular weight is 154 g/mol. The quantitative estimate of drug-likeness (QED) is 0.481. The molecular formula is C7H10N2O2. The van der Waals surface area contributed by atoms with E-state index >= 15 is 0 Å². The molecule has 4 nitrogen and oxygen atoms in total. The summed E-state index contributed by atoms with van der Waals surface area (Å²) in [5, 5.41) is 20.4. The fraction of sp³-hybridized carbons (Fsp3) is 0.714. The van der Waals surface area contributed by atoms with Gasteiger partial charge in [-0.15, -0.1) is 0 Å². The van der Waals surface area contributed by atoms with Gasteiger partial charge < -0.3 is 15.2 Å². The van der Waals surface area contributed by atoms with E-state index in [0.717, 1.165) is 6.54 Å². The van der Waals surface area contributed by atoms with Gasteiger partial charge in [-0.2, -0.15) is 5.26 Å². The van der Waals surface area contributed by atoms with Crippen molar-refractivity contribution in [1.82, 2.24) is 0 Å². The molecule has 1 aliphatic rings. The van der Waals surface area contributed by atoms with Crippen molar-refractivity contribution in [3.63, 3.8) is 0 Å². The molecule has 1 saturated heterocycles. The van der Waals surface area contributed by atoms with E-state index in [9.17, 15) is 9.90 Å². The molecule has 0 saturated carbocycles. The summed E-state index contributed by atoms with van der Waals surface area (Å²) in [5.41, 5.74) is 0. The zero-order chi connectivity index (χ0) is 8.27. The summed E-state index contributed by atoms with van der Waals surface area (Å²) in [7, 11) is 0. The van der Waals surface area contributed by atoms with Gasteiger partial charge in [0.25, 0.3) is 0 Å². The lowest BCUT2D eigenvalue weighted by atomic mass is 10.0. The van der Waals surface area contributed by atoms with Gasteiger partial charge >= 0.3 is 0 Å². The number of nitriles is 1. The number of aliphatic carboxylic acids is 1. The molecule has 0 amide bonds. The first kappa shape index (κ1) is 8.02. The van der Waals surface area contributed by atoms with Crippen molar-refractivity contribution >= 4 is 5.97 Å². The average Bonchev–Trinajstić information content (AvgIpc) is 2.37. The highest BCUT2D eigenvalue weighted by molar-refractivity contribution is 5.69. The highest BCUT2D eigenvalue weighted by Gasteiger charge is 2.28. The van der Waals surface area contributed by atoms with E-state index in [0.29, 0.717) is 12.8 Å². The van der Waals surface area contributed by atoms with Gasteiger partial charge in [-0.3, -0.25) is 0 Å². The van der Waals surface area contributed by atoms with Gasteiger partial charge in [0.15, 0.2) is 0 Å². The molecular weight excluding hydrogens is 144 g/mol. The van der Waals surface area contributed by atoms with Crippen LogP contribution in [0.15, 0.2) is 0 Å². The molecule has 1 heterocycles. The van der Waals surface area contributed by atoms with Crippen LogP contribution in [0.25, 0.3) is 0 Å². The van der Waals surface area contributed by atoms with E-state index < -0.39 is 12.0 Å². The lowest BCUT2D eigenvalue weighted by Gasteiger charge is -2.05. The summed E-state index contributed by atoms with van der Waals surface area (Å²) >= 11 is 0. The van der Waals surface area contributed by atoms with Crippen LogP contribution in [0.2, 0.25) is 0 Å². The second-order valence-electron chi connectivity index (χ2n) is 2.86. The van der Waals surface area contributed by atoms with E-state index in [1.54, 1.807) is 5.32 Å². The zero-order valence-corrected chi connectivity index (χ0v) is 6.12. The maximum atomic E-state index is 10.3. The Morgan fingerprint density at radius 1 is 1.82 bits per heavy atom. The number of carbonyl (C=O) groups excluding carboxylic acids is 1. The minimum absolute atomic E-state index is 0.239. The molecule has 1 fully saturated rings. The van der Waals surface area contributed by atoms with E-state index in [4.69, 9.17) is 5.26 Å². The summed E-state index contributed by atoms with van der Waals surface area (Å²) in [6.45, 7) is 0.742. The summed E-state index contributed by atoms with van der Waals surface area (Å²) in [5.74, 6) is -0.770. The Kier molecular flexibility index (Phi) is 2.44. The van der Waals surface area contributed by atoms with Crippen molar-refractivity contribution in [3.8, 4) is 6.07 Å². The Hall–Kier alpha value is -1.08. The third-order valence-corrected chi connectivity index (χ3v) is 2.02. The number of hydrogen-bond acceptors (Lipinski definition) is 3. The van der Waals surface area contributed by atoms with Gasteiger partial charge in [-0.1, -0.05) is 0 Å². The molecule has 4 heteroatoms. The number of carboxylic acid groups (broad SMARTS) is 1. The van der Waals surface area contributed by atoms with Gasteiger partial charge in [0, 0.05) is 18.8 Å². The van der Waals surface area contributed by atoms with Crippen LogP contribution in [0.1, 0.15) is 12.8 Å². The minimum atomic E-state index is -1.01. The minimum Gasteiger partial charge on any atom is -0.544 e. The van der Waals surface area contributed by atoms with Crippen LogP contribution in [0.3, 0.4) is 0 Å². The highest BCUT2D eigenvalue weighted by atomic mass is 16.4. The van der Waals surface area contributed by atoms with E-state index in [-0.39, 0.29) is 5.92 Å². The molecule has 0 aromatic carbocycles. The van der Waals surface area contributed by atoms with Crippen LogP contribution in [0, 0.1) is 17.2 Å². The fourth-order valence-corrected chi connectivity index (χ4v) is 1.40. The molecule has 0 unspecified atom stereocenters. The predicted octanol–water partition coefficient (Wildman–Crippen LogP) is -2.40. The number of nitrogens with two attached hydrogens (primary N) is 1. The van der Waals surface area contributed by atoms with Crippen LogP contribution in [-0.2, 0) is 4.79 Å². The van der Waals surface area contributed by atoms with Gasteiger partial charge in [-0.05, 0) is 0 Å². The second-order valence-corrected chi connectivity index (χ2v) is 2.86. The Bertz CT molecular complexity index is 197. The van der Waals surface area contributed by atoms with Gasteiger partial charge in [-0.25, -0.2) is 0 Å². The Morgan fingerprint density at radius 2 is 2.55 bits per heavy atom. The van der Waals surface area contributed by atoms with Gasteiger partial charge in [0.2, 0.25) is 0 Å². The van der Waals surface area contributed by atoms with Crippen LogP contribution in [0.4, 0.5) is 0 Å². The standard InChI is InChI=1S/C7H10N2O2/c8-2-1-5-3-6(7(10)11)9-4-5/h5-6,9H,1,3-4H2,(H,10,11)/t5-,6+/m1/s1. The first-order valence-electron chi connectivity index (χ1n) is 3.65. The van der Waals surface area contributed by atoms with Crippen LogP contribution < -0.4 is 10.4 Å². The van der Waals surface area contributed by atoms with Crippen molar-refractivity contribution in [2.24, 2.45) is 5.92 Å². The van der Waals surface area contributed by atoms with Crippen molar-refractivity contribution in [2.45, 2.75) is 18.9 Å². The first-order valence-corrected chi connectivity index (χ1v) is 3.65. The molecule has 2 N–H and O–H groups in total. The Labute approximate surface area is 64.8 Å². The maximum Gasteiger partial charge on any atom is 0.127 e. The van der Waals surface area contributed by atoms with Crippen LogP contribution >= 0.6 is 0 Å². The lowest BCUT2D eigenvalue weighted by Crippen LogP contribution is -2.90. The van der Waals surface area contributed by atoms with Crippen LogP contribution in [0.5, 0.6) is 0 Å². The molecule has 0 aromatic rings. The fourth-order valence-electron chi connectivity index (χ4n) is 1.40. The lowest BCUT2D eigenvalue weighted by molar-refractivity contribution is -0.666. The van der Waals surface area contributed by atoms with Crippen molar-refractivity contribution in [3.05, 3.63) is 0 Å². The van der Waals surface area contributed by atoms with Crippen LogP contribution in [-0.4, -0.2) is 18.6 Å². The smallest absolute Gasteiger partial charge is 0.127 e. The number of quaternary nitrogens is 1. The van der Waals surface area contributed by atoms with E-state index in [1.807, 2.05) is 6.07 Å². The van der Waals surface area contributed by atoms with Crippen molar-refractivity contribution < 1.29 is 15.2 Å². The third kappa shape index (κ3) is 1.92. The topological polar surface area (TPSA) is 80.5 Å². The monoisotopic (exact) mass is 154 g/mol. The highest BCUT2D eigenvalue weighted by Crippen LogP contribution is 2.10. The van der Waals surface area contributed by atoms with Crippen molar-refractivity contribution in [1.29, 1.82) is 5.26 Å². The second kappa shape index (κ2) is 3.35. The predicted molar refractivity (Wildman–Crippen MR) is 33.9 cm³/mol. The Morgan fingerprint density at radius 3 is 3.00 bits per heavy atom. The largest absolute Gasteiger partial charge is 0.544 e. The molecule has 0 bridgehead atoms. The maximum absolute atomic E-state index is 10.3. The summed E-state index contributed by atoms with van der Waals surface area (Å²) in [6.07, 6.45) is 1.04. The SMILES string of the molecule is N#CC[C@H]1C[NH2+][C@H](C(=O)[O-])C1.